The van der Waals surface area contributed by atoms with Gasteiger partial charge in [0.05, 0.1) is 6.04 Å². The van der Waals surface area contributed by atoms with E-state index in [4.69, 9.17) is 0 Å². The van der Waals surface area contributed by atoms with E-state index >= 15 is 0 Å². The van der Waals surface area contributed by atoms with Crippen molar-refractivity contribution < 1.29 is 0 Å². The van der Waals surface area contributed by atoms with Crippen LogP contribution < -0.4 is 5.32 Å². The molecule has 0 radical (unpaired) electrons. The van der Waals surface area contributed by atoms with Crippen LogP contribution >= 0.6 is 15.9 Å². The Labute approximate surface area is 124 Å². The van der Waals surface area contributed by atoms with Gasteiger partial charge in [-0.15, -0.1) is 0 Å². The van der Waals surface area contributed by atoms with Crippen LogP contribution in [-0.2, 0) is 6.42 Å². The largest absolute Gasteiger partial charge is 0.377 e. The van der Waals surface area contributed by atoms with Crippen LogP contribution in [0.3, 0.4) is 0 Å². The van der Waals surface area contributed by atoms with Crippen LogP contribution in [0.5, 0.6) is 0 Å². The van der Waals surface area contributed by atoms with Crippen molar-refractivity contribution >= 4 is 21.6 Å². The summed E-state index contributed by atoms with van der Waals surface area (Å²) in [6.07, 6.45) is 2.15. The molecule has 0 fully saturated rings. The van der Waals surface area contributed by atoms with E-state index in [1.807, 2.05) is 6.07 Å². The zero-order valence-electron chi connectivity index (χ0n) is 11.5. The molecule has 0 aliphatic carbocycles. The Kier molecular flexibility index (Phi) is 5.03. The molecule has 19 heavy (non-hydrogen) atoms. The minimum absolute atomic E-state index is 0.351. The lowest BCUT2D eigenvalue weighted by molar-refractivity contribution is 0.748. The van der Waals surface area contributed by atoms with Crippen molar-refractivity contribution in [1.82, 2.24) is 0 Å². The smallest absolute Gasteiger partial charge is 0.0511 e. The molecule has 0 bridgehead atoms. The van der Waals surface area contributed by atoms with Gasteiger partial charge in [0, 0.05) is 10.2 Å². The van der Waals surface area contributed by atoms with Gasteiger partial charge in [-0.2, -0.15) is 0 Å². The van der Waals surface area contributed by atoms with Gasteiger partial charge in [0.25, 0.3) is 0 Å². The highest BCUT2D eigenvalue weighted by atomic mass is 79.9. The number of para-hydroxylation sites is 1. The lowest BCUT2D eigenvalue weighted by Crippen LogP contribution is -2.10. The summed E-state index contributed by atoms with van der Waals surface area (Å²) in [6, 6.07) is 17.5. The molecular formula is C17H20BrN. The second-order valence-corrected chi connectivity index (χ2v) is 5.53. The summed E-state index contributed by atoms with van der Waals surface area (Å²) < 4.78 is 1.11. The van der Waals surface area contributed by atoms with E-state index in [0.29, 0.717) is 6.04 Å². The van der Waals surface area contributed by atoms with Gasteiger partial charge in [-0.1, -0.05) is 50.2 Å². The van der Waals surface area contributed by atoms with Crippen molar-refractivity contribution in [2.24, 2.45) is 0 Å². The summed E-state index contributed by atoms with van der Waals surface area (Å²) in [6.45, 7) is 4.40. The van der Waals surface area contributed by atoms with Gasteiger partial charge in [-0.3, -0.25) is 0 Å². The van der Waals surface area contributed by atoms with Crippen LogP contribution in [0.1, 0.15) is 37.4 Å². The molecule has 0 spiro atoms. The molecule has 2 aromatic carbocycles. The van der Waals surface area contributed by atoms with Crippen LogP contribution in [0.15, 0.2) is 53.0 Å². The number of hydrogen-bond acceptors (Lipinski definition) is 1. The van der Waals surface area contributed by atoms with E-state index in [9.17, 15) is 0 Å². The molecule has 1 atom stereocenters. The first-order chi connectivity index (χ1) is 9.24. The van der Waals surface area contributed by atoms with Crippen LogP contribution in [0, 0.1) is 0 Å². The van der Waals surface area contributed by atoms with Crippen molar-refractivity contribution in [3.05, 3.63) is 64.1 Å². The number of aryl methyl sites for hydroxylation is 1. The zero-order chi connectivity index (χ0) is 13.7. The second kappa shape index (κ2) is 6.76. The SMILES string of the molecule is CCc1ccc(C(CC)Nc2ccccc2Br)cc1. The Bertz CT molecular complexity index is 519. The minimum atomic E-state index is 0.351. The Morgan fingerprint density at radius 2 is 1.68 bits per heavy atom. The van der Waals surface area contributed by atoms with Gasteiger partial charge < -0.3 is 5.32 Å². The number of halogens is 1. The monoisotopic (exact) mass is 317 g/mol. The highest BCUT2D eigenvalue weighted by molar-refractivity contribution is 9.10. The van der Waals surface area contributed by atoms with Gasteiger partial charge in [0.2, 0.25) is 0 Å². The number of nitrogens with one attached hydrogen (secondary N) is 1. The molecule has 0 aromatic heterocycles. The van der Waals surface area contributed by atoms with Crippen molar-refractivity contribution in [2.75, 3.05) is 5.32 Å². The van der Waals surface area contributed by atoms with E-state index < -0.39 is 0 Å². The highest BCUT2D eigenvalue weighted by Gasteiger charge is 2.10. The second-order valence-electron chi connectivity index (χ2n) is 4.68. The summed E-state index contributed by atoms with van der Waals surface area (Å²) in [5.41, 5.74) is 3.88. The fourth-order valence-corrected chi connectivity index (χ4v) is 2.57. The van der Waals surface area contributed by atoms with Crippen molar-refractivity contribution in [3.63, 3.8) is 0 Å². The first-order valence-electron chi connectivity index (χ1n) is 6.84. The van der Waals surface area contributed by atoms with Gasteiger partial charge >= 0.3 is 0 Å². The maximum atomic E-state index is 3.60. The molecular weight excluding hydrogens is 298 g/mol. The Hall–Kier alpha value is -1.28. The third-order valence-corrected chi connectivity index (χ3v) is 4.09. The fourth-order valence-electron chi connectivity index (χ4n) is 2.17. The van der Waals surface area contributed by atoms with Crippen LogP contribution in [0.2, 0.25) is 0 Å². The van der Waals surface area contributed by atoms with E-state index in [-0.39, 0.29) is 0 Å². The zero-order valence-corrected chi connectivity index (χ0v) is 13.1. The normalized spacial score (nSPS) is 12.2. The van der Waals surface area contributed by atoms with Crippen molar-refractivity contribution in [1.29, 1.82) is 0 Å². The van der Waals surface area contributed by atoms with E-state index in [1.165, 1.54) is 11.1 Å². The molecule has 0 aliphatic heterocycles. The highest BCUT2D eigenvalue weighted by Crippen LogP contribution is 2.28. The molecule has 0 heterocycles. The topological polar surface area (TPSA) is 12.0 Å². The minimum Gasteiger partial charge on any atom is -0.377 e. The molecule has 2 heteroatoms. The molecule has 2 rings (SSSR count). The average molecular weight is 318 g/mol. The van der Waals surface area contributed by atoms with Crippen molar-refractivity contribution in [3.8, 4) is 0 Å². The van der Waals surface area contributed by atoms with Gasteiger partial charge in [0.15, 0.2) is 0 Å². The molecule has 0 aliphatic rings. The first kappa shape index (κ1) is 14.1. The fraction of sp³-hybridized carbons (Fsp3) is 0.294. The number of rotatable bonds is 5. The number of benzene rings is 2. The summed E-state index contributed by atoms with van der Waals surface area (Å²) >= 11 is 3.59. The Balaban J connectivity index is 2.17. The Morgan fingerprint density at radius 1 is 1.00 bits per heavy atom. The molecule has 1 N–H and O–H groups in total. The number of hydrogen-bond donors (Lipinski definition) is 1. The maximum Gasteiger partial charge on any atom is 0.0511 e. The summed E-state index contributed by atoms with van der Waals surface area (Å²) in [5, 5.41) is 3.60. The molecule has 1 nitrogen and oxygen atoms in total. The average Bonchev–Trinajstić information content (AvgIpc) is 2.47. The van der Waals surface area contributed by atoms with Gasteiger partial charge in [0.1, 0.15) is 0 Å². The first-order valence-corrected chi connectivity index (χ1v) is 7.63. The predicted octanol–water partition coefficient (Wildman–Crippen LogP) is 5.57. The quantitative estimate of drug-likeness (QED) is 0.759. The van der Waals surface area contributed by atoms with Crippen LogP contribution in [0.25, 0.3) is 0 Å². The van der Waals surface area contributed by atoms with E-state index in [0.717, 1.165) is 23.0 Å². The Morgan fingerprint density at radius 3 is 2.26 bits per heavy atom. The lowest BCUT2D eigenvalue weighted by Gasteiger charge is -2.20. The standard InChI is InChI=1S/C17H20BrN/c1-3-13-9-11-14(12-10-13)16(4-2)19-17-8-6-5-7-15(17)18/h5-12,16,19H,3-4H2,1-2H3. The van der Waals surface area contributed by atoms with E-state index in [1.54, 1.807) is 0 Å². The summed E-state index contributed by atoms with van der Waals surface area (Å²) in [4.78, 5) is 0. The van der Waals surface area contributed by atoms with Gasteiger partial charge in [-0.25, -0.2) is 0 Å². The molecule has 1 unspecified atom stereocenters. The van der Waals surface area contributed by atoms with E-state index in [2.05, 4.69) is 77.6 Å². The molecule has 2 aromatic rings. The number of anilines is 1. The van der Waals surface area contributed by atoms with Crippen LogP contribution in [0.4, 0.5) is 5.69 Å². The molecule has 0 saturated heterocycles. The molecule has 0 amide bonds. The maximum absolute atomic E-state index is 3.60. The third-order valence-electron chi connectivity index (χ3n) is 3.40. The van der Waals surface area contributed by atoms with Gasteiger partial charge in [-0.05, 0) is 52.0 Å². The summed E-state index contributed by atoms with van der Waals surface area (Å²) in [7, 11) is 0. The van der Waals surface area contributed by atoms with Crippen molar-refractivity contribution in [2.45, 2.75) is 32.7 Å². The molecule has 0 saturated carbocycles. The lowest BCUT2D eigenvalue weighted by atomic mass is 10.0. The predicted molar refractivity (Wildman–Crippen MR) is 86.6 cm³/mol. The summed E-state index contributed by atoms with van der Waals surface area (Å²) in [5.74, 6) is 0. The molecule has 100 valence electrons. The third kappa shape index (κ3) is 3.60. The van der Waals surface area contributed by atoms with Crippen LogP contribution in [-0.4, -0.2) is 0 Å².